The highest BCUT2D eigenvalue weighted by molar-refractivity contribution is 6.04. The van der Waals surface area contributed by atoms with Crippen molar-refractivity contribution in [3.63, 3.8) is 0 Å². The van der Waals surface area contributed by atoms with Gasteiger partial charge in [-0.2, -0.15) is 0 Å². The number of ether oxygens (including phenoxy) is 1. The van der Waals surface area contributed by atoms with Crippen molar-refractivity contribution in [3.8, 4) is 5.75 Å². The molecule has 1 aliphatic rings. The van der Waals surface area contributed by atoms with Gasteiger partial charge in [-0.1, -0.05) is 0 Å². The molecular formula is C26H26N4O5. The second kappa shape index (κ2) is 10.3. The summed E-state index contributed by atoms with van der Waals surface area (Å²) in [6.45, 7) is 4.24. The fraction of sp³-hybridized carbons (Fsp3) is 0.231. The third-order valence-corrected chi connectivity index (χ3v) is 6.05. The van der Waals surface area contributed by atoms with Crippen LogP contribution in [-0.2, 0) is 0 Å². The van der Waals surface area contributed by atoms with Crippen molar-refractivity contribution in [2.24, 2.45) is 0 Å². The van der Waals surface area contributed by atoms with Crippen molar-refractivity contribution < 1.29 is 19.2 Å². The van der Waals surface area contributed by atoms with Crippen LogP contribution in [0.2, 0.25) is 0 Å². The number of piperazine rings is 1. The first-order valence-electron chi connectivity index (χ1n) is 11.2. The number of hydrogen-bond acceptors (Lipinski definition) is 6. The van der Waals surface area contributed by atoms with Crippen LogP contribution in [0.25, 0.3) is 0 Å². The minimum atomic E-state index is -0.468. The molecule has 0 atom stereocenters. The van der Waals surface area contributed by atoms with Crippen molar-refractivity contribution in [2.75, 3.05) is 43.5 Å². The number of methoxy groups -OCH3 is 1. The summed E-state index contributed by atoms with van der Waals surface area (Å²) in [5.74, 6) is 0.391. The van der Waals surface area contributed by atoms with Crippen LogP contribution in [0.15, 0.2) is 66.7 Å². The van der Waals surface area contributed by atoms with Gasteiger partial charge in [0.25, 0.3) is 17.5 Å². The summed E-state index contributed by atoms with van der Waals surface area (Å²) in [5, 5.41) is 13.8. The van der Waals surface area contributed by atoms with Gasteiger partial charge in [0, 0.05) is 60.3 Å². The lowest BCUT2D eigenvalue weighted by atomic mass is 10.1. The van der Waals surface area contributed by atoms with Gasteiger partial charge in [0.2, 0.25) is 0 Å². The molecule has 35 heavy (non-hydrogen) atoms. The Hall–Kier alpha value is -4.40. The van der Waals surface area contributed by atoms with E-state index in [1.54, 1.807) is 38.3 Å². The molecule has 1 saturated heterocycles. The summed E-state index contributed by atoms with van der Waals surface area (Å²) in [6.07, 6.45) is 0. The molecule has 3 aromatic rings. The Morgan fingerprint density at radius 1 is 0.914 bits per heavy atom. The number of hydrogen-bond donors (Lipinski definition) is 1. The molecule has 3 aromatic carbocycles. The zero-order chi connectivity index (χ0) is 24.9. The number of nitro benzene ring substituents is 1. The third-order valence-electron chi connectivity index (χ3n) is 6.05. The van der Waals surface area contributed by atoms with Crippen LogP contribution in [-0.4, -0.2) is 54.9 Å². The number of carbonyl (C=O) groups excluding carboxylic acids is 2. The van der Waals surface area contributed by atoms with E-state index in [4.69, 9.17) is 4.74 Å². The second-order valence-electron chi connectivity index (χ2n) is 8.27. The third kappa shape index (κ3) is 5.40. The highest BCUT2D eigenvalue weighted by Gasteiger charge is 2.22. The van der Waals surface area contributed by atoms with E-state index >= 15 is 0 Å². The molecule has 180 valence electrons. The van der Waals surface area contributed by atoms with Gasteiger partial charge in [0.1, 0.15) is 5.75 Å². The van der Waals surface area contributed by atoms with Crippen LogP contribution in [0, 0.1) is 17.0 Å². The fourth-order valence-electron chi connectivity index (χ4n) is 4.04. The van der Waals surface area contributed by atoms with E-state index in [1.165, 1.54) is 18.2 Å². The Kier molecular flexibility index (Phi) is 6.96. The molecule has 1 aliphatic heterocycles. The zero-order valence-electron chi connectivity index (χ0n) is 19.6. The highest BCUT2D eigenvalue weighted by atomic mass is 16.6. The predicted octanol–water partition coefficient (Wildman–Crippen LogP) is 4.13. The molecule has 0 aromatic heterocycles. The van der Waals surface area contributed by atoms with Crippen LogP contribution in [0.5, 0.6) is 5.75 Å². The lowest BCUT2D eigenvalue weighted by Crippen LogP contribution is -2.48. The first kappa shape index (κ1) is 23.7. The molecule has 9 nitrogen and oxygen atoms in total. The van der Waals surface area contributed by atoms with Crippen LogP contribution in [0.1, 0.15) is 26.3 Å². The Balaban J connectivity index is 1.33. The molecule has 0 spiro atoms. The van der Waals surface area contributed by atoms with Crippen LogP contribution in [0.4, 0.5) is 17.1 Å². The number of nitrogens with zero attached hydrogens (tertiary/aromatic N) is 3. The van der Waals surface area contributed by atoms with Crippen molar-refractivity contribution in [2.45, 2.75) is 6.92 Å². The maximum absolute atomic E-state index is 12.8. The van der Waals surface area contributed by atoms with Crippen molar-refractivity contribution in [1.82, 2.24) is 4.90 Å². The number of aryl methyl sites for hydroxylation is 1. The summed E-state index contributed by atoms with van der Waals surface area (Å²) < 4.78 is 5.15. The van der Waals surface area contributed by atoms with Gasteiger partial charge < -0.3 is 19.9 Å². The quantitative estimate of drug-likeness (QED) is 0.426. The lowest BCUT2D eigenvalue weighted by Gasteiger charge is -2.36. The van der Waals surface area contributed by atoms with Gasteiger partial charge in [-0.15, -0.1) is 0 Å². The maximum atomic E-state index is 12.8. The van der Waals surface area contributed by atoms with Crippen molar-refractivity contribution in [3.05, 3.63) is 93.5 Å². The number of carbonyl (C=O) groups is 2. The number of amides is 2. The van der Waals surface area contributed by atoms with E-state index in [9.17, 15) is 19.7 Å². The summed E-state index contributed by atoms with van der Waals surface area (Å²) >= 11 is 0. The Morgan fingerprint density at radius 2 is 1.54 bits per heavy atom. The van der Waals surface area contributed by atoms with Crippen LogP contribution >= 0.6 is 0 Å². The minimum Gasteiger partial charge on any atom is -0.497 e. The molecule has 1 heterocycles. The Labute approximate surface area is 203 Å². The molecule has 0 unspecified atom stereocenters. The molecule has 4 rings (SSSR count). The maximum Gasteiger partial charge on any atom is 0.272 e. The van der Waals surface area contributed by atoms with Gasteiger partial charge in [-0.3, -0.25) is 19.7 Å². The van der Waals surface area contributed by atoms with E-state index in [-0.39, 0.29) is 17.5 Å². The highest BCUT2D eigenvalue weighted by Crippen LogP contribution is 2.23. The van der Waals surface area contributed by atoms with Crippen molar-refractivity contribution in [1.29, 1.82) is 0 Å². The van der Waals surface area contributed by atoms with Gasteiger partial charge in [0.15, 0.2) is 0 Å². The SMILES string of the molecule is COc1ccc(C(=O)N2CCN(c3ccc(NC(=O)c4ccc([N+](=O)[O-])c(C)c4)cc3)CC2)cc1. The minimum absolute atomic E-state index is 0.00634. The second-order valence-corrected chi connectivity index (χ2v) is 8.27. The van der Waals surface area contributed by atoms with Crippen molar-refractivity contribution >= 4 is 28.9 Å². The molecule has 2 amide bonds. The van der Waals surface area contributed by atoms with Crippen LogP contribution in [0.3, 0.4) is 0 Å². The molecule has 9 heteroatoms. The molecule has 0 aliphatic carbocycles. The number of benzene rings is 3. The van der Waals surface area contributed by atoms with E-state index in [0.29, 0.717) is 54.3 Å². The monoisotopic (exact) mass is 474 g/mol. The van der Waals surface area contributed by atoms with E-state index in [0.717, 1.165) is 5.69 Å². The number of anilines is 2. The summed E-state index contributed by atoms with van der Waals surface area (Å²) in [4.78, 5) is 39.9. The smallest absolute Gasteiger partial charge is 0.272 e. The van der Waals surface area contributed by atoms with E-state index < -0.39 is 4.92 Å². The lowest BCUT2D eigenvalue weighted by molar-refractivity contribution is -0.385. The predicted molar refractivity (Wildman–Crippen MR) is 133 cm³/mol. The number of nitrogens with one attached hydrogen (secondary N) is 1. The first-order chi connectivity index (χ1) is 16.9. The van der Waals surface area contributed by atoms with Gasteiger partial charge in [-0.05, 0) is 67.6 Å². The topological polar surface area (TPSA) is 105 Å². The molecule has 1 N–H and O–H groups in total. The summed E-state index contributed by atoms with van der Waals surface area (Å²) in [6, 6.07) is 18.9. The van der Waals surface area contributed by atoms with Crippen LogP contribution < -0.4 is 15.0 Å². The number of nitro groups is 1. The largest absolute Gasteiger partial charge is 0.497 e. The Bertz CT molecular complexity index is 1230. The molecular weight excluding hydrogens is 448 g/mol. The number of rotatable bonds is 6. The molecule has 1 fully saturated rings. The molecule has 0 saturated carbocycles. The molecule has 0 radical (unpaired) electrons. The average Bonchev–Trinajstić information content (AvgIpc) is 2.88. The summed E-state index contributed by atoms with van der Waals surface area (Å²) in [7, 11) is 1.59. The fourth-order valence-corrected chi connectivity index (χ4v) is 4.04. The Morgan fingerprint density at radius 3 is 2.11 bits per heavy atom. The average molecular weight is 475 g/mol. The normalized spacial score (nSPS) is 13.3. The zero-order valence-corrected chi connectivity index (χ0v) is 19.6. The standard InChI is InChI=1S/C26H26N4O5/c1-18-17-20(5-12-24(18)30(33)34)25(31)27-21-6-8-22(9-7-21)28-13-15-29(16-14-28)26(32)19-3-10-23(35-2)11-4-19/h3-12,17H,13-16H2,1-2H3,(H,27,31). The molecule has 0 bridgehead atoms. The van der Waals surface area contributed by atoms with E-state index in [1.807, 2.05) is 29.2 Å². The summed E-state index contributed by atoms with van der Waals surface area (Å²) in [5.41, 5.74) is 3.05. The van der Waals surface area contributed by atoms with Gasteiger partial charge in [-0.25, -0.2) is 0 Å². The van der Waals surface area contributed by atoms with Gasteiger partial charge >= 0.3 is 0 Å². The van der Waals surface area contributed by atoms with E-state index in [2.05, 4.69) is 10.2 Å². The van der Waals surface area contributed by atoms with Gasteiger partial charge in [0.05, 0.1) is 12.0 Å². The first-order valence-corrected chi connectivity index (χ1v) is 11.2.